The molecule has 0 N–H and O–H groups in total. The van der Waals surface area contributed by atoms with Gasteiger partial charge in [0.1, 0.15) is 0 Å². The molecule has 0 aromatic rings. The van der Waals surface area contributed by atoms with Crippen LogP contribution in [0.3, 0.4) is 0 Å². The molecule has 1 aliphatic heterocycles. The Labute approximate surface area is 72.4 Å². The van der Waals surface area contributed by atoms with Crippen molar-refractivity contribution < 1.29 is 14.3 Å². The lowest BCUT2D eigenvalue weighted by atomic mass is 10.2. The molecule has 0 spiro atoms. The van der Waals surface area contributed by atoms with E-state index in [1.807, 2.05) is 6.92 Å². The van der Waals surface area contributed by atoms with E-state index in [1.54, 1.807) is 0 Å². The first-order valence-electron chi connectivity index (χ1n) is 4.12. The minimum absolute atomic E-state index is 0.177. The molecular formula is C8H15NO3. The highest BCUT2D eigenvalue weighted by molar-refractivity contribution is 5.71. The van der Waals surface area contributed by atoms with Crippen molar-refractivity contribution in [2.45, 2.75) is 13.0 Å². The molecule has 12 heavy (non-hydrogen) atoms. The smallest absolute Gasteiger partial charge is 0.319 e. The highest BCUT2D eigenvalue weighted by atomic mass is 16.5. The van der Waals surface area contributed by atoms with Crippen LogP contribution in [0.5, 0.6) is 0 Å². The zero-order valence-corrected chi connectivity index (χ0v) is 7.58. The first kappa shape index (κ1) is 9.48. The molecule has 1 aliphatic rings. The van der Waals surface area contributed by atoms with Gasteiger partial charge in [-0.05, 0) is 6.92 Å². The average molecular weight is 173 g/mol. The fourth-order valence-corrected chi connectivity index (χ4v) is 1.23. The maximum Gasteiger partial charge on any atom is 0.319 e. The summed E-state index contributed by atoms with van der Waals surface area (Å²) in [4.78, 5) is 13.0. The number of rotatable bonds is 2. The number of carbonyl (C=O) groups excluding carboxylic acids is 1. The number of nitrogens with zero attached hydrogens (tertiary/aromatic N) is 1. The van der Waals surface area contributed by atoms with E-state index in [-0.39, 0.29) is 5.97 Å². The summed E-state index contributed by atoms with van der Waals surface area (Å²) in [6.45, 7) is 4.65. The van der Waals surface area contributed by atoms with E-state index in [1.165, 1.54) is 7.11 Å². The molecular weight excluding hydrogens is 158 g/mol. The van der Waals surface area contributed by atoms with Crippen molar-refractivity contribution in [1.82, 2.24) is 4.90 Å². The van der Waals surface area contributed by atoms with E-state index in [9.17, 15) is 4.79 Å². The summed E-state index contributed by atoms with van der Waals surface area (Å²) < 4.78 is 9.81. The lowest BCUT2D eigenvalue weighted by Gasteiger charge is -2.31. The Kier molecular flexibility index (Phi) is 3.49. The van der Waals surface area contributed by atoms with Gasteiger partial charge in [-0.2, -0.15) is 0 Å². The van der Waals surface area contributed by atoms with E-state index in [2.05, 4.69) is 9.64 Å². The van der Waals surface area contributed by atoms with Gasteiger partial charge in [-0.15, -0.1) is 0 Å². The van der Waals surface area contributed by atoms with Gasteiger partial charge in [-0.3, -0.25) is 9.69 Å². The topological polar surface area (TPSA) is 38.8 Å². The molecule has 0 amide bonds. The molecule has 70 valence electrons. The molecule has 4 nitrogen and oxygen atoms in total. The summed E-state index contributed by atoms with van der Waals surface area (Å²) in [7, 11) is 1.41. The molecule has 0 radical (unpaired) electrons. The molecule has 1 fully saturated rings. The number of morpholine rings is 1. The van der Waals surface area contributed by atoms with Crippen molar-refractivity contribution in [2.75, 3.05) is 33.4 Å². The largest absolute Gasteiger partial charge is 0.468 e. The van der Waals surface area contributed by atoms with Crippen LogP contribution >= 0.6 is 0 Å². The summed E-state index contributed by atoms with van der Waals surface area (Å²) in [6.07, 6.45) is 0. The number of carbonyl (C=O) groups is 1. The van der Waals surface area contributed by atoms with Crippen molar-refractivity contribution in [2.24, 2.45) is 0 Å². The fourth-order valence-electron chi connectivity index (χ4n) is 1.23. The van der Waals surface area contributed by atoms with E-state index >= 15 is 0 Å². The predicted octanol–water partition coefficient (Wildman–Crippen LogP) is -0.120. The second kappa shape index (κ2) is 4.42. The van der Waals surface area contributed by atoms with Crippen molar-refractivity contribution in [3.8, 4) is 0 Å². The van der Waals surface area contributed by atoms with Gasteiger partial charge in [0.15, 0.2) is 0 Å². The van der Waals surface area contributed by atoms with Gasteiger partial charge in [-0.25, -0.2) is 0 Å². The van der Waals surface area contributed by atoms with Crippen molar-refractivity contribution >= 4 is 5.97 Å². The van der Waals surface area contributed by atoms with Gasteiger partial charge < -0.3 is 9.47 Å². The molecule has 0 aromatic heterocycles. The van der Waals surface area contributed by atoms with Crippen LogP contribution in [0, 0.1) is 0 Å². The molecule has 0 aliphatic carbocycles. The Hall–Kier alpha value is -0.610. The first-order chi connectivity index (χ1) is 5.74. The first-order valence-corrected chi connectivity index (χ1v) is 4.12. The summed E-state index contributed by atoms with van der Waals surface area (Å²) in [6, 6.07) is 0.317. The van der Waals surface area contributed by atoms with Gasteiger partial charge in [-0.1, -0.05) is 0 Å². The molecule has 4 heteroatoms. The minimum atomic E-state index is -0.177. The summed E-state index contributed by atoms with van der Waals surface area (Å²) >= 11 is 0. The van der Waals surface area contributed by atoms with E-state index in [4.69, 9.17) is 4.74 Å². The van der Waals surface area contributed by atoms with Crippen LogP contribution in [0.1, 0.15) is 6.92 Å². The zero-order chi connectivity index (χ0) is 8.97. The second-order valence-electron chi connectivity index (χ2n) is 2.97. The Morgan fingerprint density at radius 1 is 1.75 bits per heavy atom. The molecule has 1 unspecified atom stereocenters. The highest BCUT2D eigenvalue weighted by Gasteiger charge is 2.20. The van der Waals surface area contributed by atoms with Crippen LogP contribution in [0.4, 0.5) is 0 Å². The summed E-state index contributed by atoms with van der Waals surface area (Å²) in [5.74, 6) is -0.177. The molecule has 1 atom stereocenters. The summed E-state index contributed by atoms with van der Waals surface area (Å²) in [5.41, 5.74) is 0. The Bertz CT molecular complexity index is 160. The van der Waals surface area contributed by atoms with E-state index in [0.717, 1.165) is 6.54 Å². The minimum Gasteiger partial charge on any atom is -0.468 e. The number of methoxy groups -OCH3 is 1. The van der Waals surface area contributed by atoms with Gasteiger partial charge in [0, 0.05) is 12.6 Å². The number of hydrogen-bond acceptors (Lipinski definition) is 4. The molecule has 1 rings (SSSR count). The number of ether oxygens (including phenoxy) is 2. The molecule has 1 heterocycles. The van der Waals surface area contributed by atoms with Crippen molar-refractivity contribution in [3.05, 3.63) is 0 Å². The Morgan fingerprint density at radius 2 is 2.50 bits per heavy atom. The zero-order valence-electron chi connectivity index (χ0n) is 7.58. The van der Waals surface area contributed by atoms with Crippen molar-refractivity contribution in [1.29, 1.82) is 0 Å². The van der Waals surface area contributed by atoms with Crippen LogP contribution in [0.15, 0.2) is 0 Å². The predicted molar refractivity (Wildman–Crippen MR) is 43.9 cm³/mol. The molecule has 0 aromatic carbocycles. The van der Waals surface area contributed by atoms with Crippen LogP contribution in [0.2, 0.25) is 0 Å². The van der Waals surface area contributed by atoms with Gasteiger partial charge in [0.05, 0.1) is 26.9 Å². The highest BCUT2D eigenvalue weighted by Crippen LogP contribution is 2.05. The van der Waals surface area contributed by atoms with Crippen LogP contribution in [0.25, 0.3) is 0 Å². The quantitative estimate of drug-likeness (QED) is 0.546. The fraction of sp³-hybridized carbons (Fsp3) is 0.875. The SMILES string of the molecule is COC(=O)CN1CCOCC1C. The summed E-state index contributed by atoms with van der Waals surface area (Å²) in [5, 5.41) is 0. The third-order valence-corrected chi connectivity index (χ3v) is 2.07. The third kappa shape index (κ3) is 2.46. The number of esters is 1. The van der Waals surface area contributed by atoms with Crippen LogP contribution < -0.4 is 0 Å². The standard InChI is InChI=1S/C8H15NO3/c1-7-6-12-4-3-9(7)5-8(10)11-2/h7H,3-6H2,1-2H3. The monoisotopic (exact) mass is 173 g/mol. The molecule has 1 saturated heterocycles. The van der Waals surface area contributed by atoms with Gasteiger partial charge in [0.25, 0.3) is 0 Å². The molecule has 0 saturated carbocycles. The maximum absolute atomic E-state index is 10.9. The normalized spacial score (nSPS) is 25.3. The Morgan fingerprint density at radius 3 is 3.08 bits per heavy atom. The molecule has 0 bridgehead atoms. The van der Waals surface area contributed by atoms with Gasteiger partial charge >= 0.3 is 5.97 Å². The Balaban J connectivity index is 2.33. The van der Waals surface area contributed by atoms with Crippen molar-refractivity contribution in [3.63, 3.8) is 0 Å². The van der Waals surface area contributed by atoms with E-state index in [0.29, 0.717) is 25.8 Å². The lowest BCUT2D eigenvalue weighted by molar-refractivity contribution is -0.144. The maximum atomic E-state index is 10.9. The second-order valence-corrected chi connectivity index (χ2v) is 2.97. The van der Waals surface area contributed by atoms with E-state index < -0.39 is 0 Å². The van der Waals surface area contributed by atoms with Crippen LogP contribution in [-0.4, -0.2) is 50.3 Å². The lowest BCUT2D eigenvalue weighted by Crippen LogP contribution is -2.46. The average Bonchev–Trinajstić information content (AvgIpc) is 2.09. The van der Waals surface area contributed by atoms with Gasteiger partial charge in [0.2, 0.25) is 0 Å². The number of hydrogen-bond donors (Lipinski definition) is 0. The third-order valence-electron chi connectivity index (χ3n) is 2.07. The van der Waals surface area contributed by atoms with Crippen LogP contribution in [-0.2, 0) is 14.3 Å².